The van der Waals surface area contributed by atoms with Gasteiger partial charge in [-0.3, -0.25) is 14.3 Å². The molecule has 2 radical (unpaired) electrons. The lowest BCUT2D eigenvalue weighted by molar-refractivity contribution is 0.877. The monoisotopic (exact) mass is 138 g/mol. The zero-order chi connectivity index (χ0) is 7.72. The number of hydrogen-bond acceptors (Lipinski definition) is 2. The van der Waals surface area contributed by atoms with Crippen molar-refractivity contribution in [3.63, 3.8) is 0 Å². The lowest BCUT2D eigenvalue weighted by atomic mass is 10.4. The fraction of sp³-hybridized carbons (Fsp3) is 0.167. The van der Waals surface area contributed by atoms with E-state index in [1.807, 2.05) is 4.98 Å². The quantitative estimate of drug-likeness (QED) is 0.518. The van der Waals surface area contributed by atoms with Gasteiger partial charge in [0.15, 0.2) is 0 Å². The lowest BCUT2D eigenvalue weighted by Gasteiger charge is -1.93. The molecule has 1 aromatic rings. The summed E-state index contributed by atoms with van der Waals surface area (Å²) in [5.41, 5.74) is -0.579. The summed E-state index contributed by atoms with van der Waals surface area (Å²) in [5.74, 6) is 0. The molecule has 1 heterocycles. The van der Waals surface area contributed by atoms with Gasteiger partial charge in [-0.1, -0.05) is 0 Å². The number of nitrogens with zero attached hydrogens (tertiary/aromatic N) is 1. The van der Waals surface area contributed by atoms with Gasteiger partial charge in [0.2, 0.25) is 0 Å². The fourth-order valence-electron chi connectivity index (χ4n) is 0.586. The van der Waals surface area contributed by atoms with Gasteiger partial charge in [0.25, 0.3) is 5.56 Å². The van der Waals surface area contributed by atoms with E-state index in [2.05, 4.69) is 0 Å². The van der Waals surface area contributed by atoms with Crippen LogP contribution in [0, 0.1) is 14.0 Å². The van der Waals surface area contributed by atoms with Gasteiger partial charge in [-0.05, 0) is 6.92 Å². The van der Waals surface area contributed by atoms with E-state index in [-0.39, 0.29) is 0 Å². The van der Waals surface area contributed by atoms with Crippen molar-refractivity contribution >= 4 is 0 Å². The van der Waals surface area contributed by atoms with Crippen LogP contribution in [0.15, 0.2) is 15.8 Å². The zero-order valence-electron chi connectivity index (χ0n) is 5.42. The first-order valence-corrected chi connectivity index (χ1v) is 2.69. The average Bonchev–Trinajstić information content (AvgIpc) is 1.84. The van der Waals surface area contributed by atoms with Crippen molar-refractivity contribution in [3.05, 3.63) is 39.6 Å². The lowest BCUT2D eigenvalue weighted by Crippen LogP contribution is -2.28. The molecule has 0 atom stereocenters. The molecular formula is C6H6N2O2. The summed E-state index contributed by atoms with van der Waals surface area (Å²) in [6.45, 7) is 1.57. The van der Waals surface area contributed by atoms with E-state index >= 15 is 0 Å². The van der Waals surface area contributed by atoms with E-state index in [1.165, 1.54) is 6.20 Å². The van der Waals surface area contributed by atoms with Crippen LogP contribution in [-0.2, 0) is 0 Å². The van der Waals surface area contributed by atoms with Crippen LogP contribution >= 0.6 is 0 Å². The molecule has 0 aliphatic carbocycles. The summed E-state index contributed by atoms with van der Waals surface area (Å²) >= 11 is 0. The minimum Gasteiger partial charge on any atom is -0.293 e. The largest absolute Gasteiger partial charge is 0.328 e. The Morgan fingerprint density at radius 3 is 2.70 bits per heavy atom. The van der Waals surface area contributed by atoms with Crippen molar-refractivity contribution in [2.75, 3.05) is 0 Å². The van der Waals surface area contributed by atoms with Gasteiger partial charge < -0.3 is 0 Å². The van der Waals surface area contributed by atoms with Gasteiger partial charge in [0.1, 0.15) is 0 Å². The first-order chi connectivity index (χ1) is 4.61. The molecule has 0 aliphatic heterocycles. The Kier molecular flexibility index (Phi) is 1.45. The Bertz CT molecular complexity index is 316. The molecule has 1 N–H and O–H groups in total. The van der Waals surface area contributed by atoms with E-state index < -0.39 is 11.2 Å². The predicted molar refractivity (Wildman–Crippen MR) is 35.8 cm³/mol. The van der Waals surface area contributed by atoms with E-state index in [0.717, 1.165) is 4.57 Å². The molecule has 10 heavy (non-hydrogen) atoms. The Labute approximate surface area is 57.1 Å². The number of aromatic amines is 1. The van der Waals surface area contributed by atoms with Crippen molar-refractivity contribution in [3.8, 4) is 0 Å². The van der Waals surface area contributed by atoms with Crippen LogP contribution in [0.3, 0.4) is 0 Å². The smallest absolute Gasteiger partial charge is 0.293 e. The maximum absolute atomic E-state index is 10.7. The second-order valence-corrected chi connectivity index (χ2v) is 1.98. The Hall–Kier alpha value is -1.32. The molecule has 4 heteroatoms. The third-order valence-electron chi connectivity index (χ3n) is 1.15. The maximum Gasteiger partial charge on any atom is 0.328 e. The third-order valence-corrected chi connectivity index (χ3v) is 1.15. The van der Waals surface area contributed by atoms with Crippen LogP contribution in [0.4, 0.5) is 0 Å². The number of aromatic nitrogens is 2. The van der Waals surface area contributed by atoms with Crippen LogP contribution in [0.5, 0.6) is 0 Å². The van der Waals surface area contributed by atoms with E-state index in [9.17, 15) is 9.59 Å². The Morgan fingerprint density at radius 2 is 2.20 bits per heavy atom. The molecular weight excluding hydrogens is 132 g/mol. The second kappa shape index (κ2) is 2.13. The maximum atomic E-state index is 10.7. The Morgan fingerprint density at radius 1 is 1.60 bits per heavy atom. The molecule has 4 nitrogen and oxygen atoms in total. The number of aryl methyl sites for hydroxylation is 1. The van der Waals surface area contributed by atoms with Gasteiger partial charge in [0.05, 0.1) is 7.05 Å². The van der Waals surface area contributed by atoms with Crippen molar-refractivity contribution in [1.29, 1.82) is 0 Å². The molecule has 0 unspecified atom stereocenters. The highest BCUT2D eigenvalue weighted by Gasteiger charge is 1.94. The second-order valence-electron chi connectivity index (χ2n) is 1.98. The number of rotatable bonds is 0. The van der Waals surface area contributed by atoms with Gasteiger partial charge >= 0.3 is 5.69 Å². The minimum absolute atomic E-state index is 0.397. The molecule has 0 saturated carbocycles. The van der Waals surface area contributed by atoms with Gasteiger partial charge in [-0.2, -0.15) is 0 Å². The normalized spacial score (nSPS) is 9.80. The SMILES string of the molecule is [CH]n1cc(C)c(=O)[nH]c1=O. The summed E-state index contributed by atoms with van der Waals surface area (Å²) in [4.78, 5) is 23.3. The first kappa shape index (κ1) is 6.80. The van der Waals surface area contributed by atoms with Crippen molar-refractivity contribution in [2.24, 2.45) is 0 Å². The number of H-pyrrole nitrogens is 1. The molecule has 0 spiro atoms. The molecule has 0 fully saturated rings. The highest BCUT2D eigenvalue weighted by molar-refractivity contribution is 5.00. The summed E-state index contributed by atoms with van der Waals surface area (Å²) in [6, 6.07) is 0. The standard InChI is InChI=1S/C6H6N2O2/c1-4-3-8(2)6(10)7-5(4)9/h2-3H,1H3,(H,7,9,10). The van der Waals surface area contributed by atoms with Crippen LogP contribution in [0.2, 0.25) is 0 Å². The Balaban J connectivity index is 3.59. The van der Waals surface area contributed by atoms with Crippen LogP contribution in [-0.4, -0.2) is 9.55 Å². The zero-order valence-corrected chi connectivity index (χ0v) is 5.42. The minimum atomic E-state index is -0.601. The topological polar surface area (TPSA) is 54.9 Å². The highest BCUT2D eigenvalue weighted by atomic mass is 16.2. The molecule has 0 aromatic carbocycles. The van der Waals surface area contributed by atoms with Crippen LogP contribution in [0.25, 0.3) is 0 Å². The molecule has 0 amide bonds. The van der Waals surface area contributed by atoms with Gasteiger partial charge in [-0.25, -0.2) is 4.79 Å². The average molecular weight is 138 g/mol. The van der Waals surface area contributed by atoms with E-state index in [4.69, 9.17) is 7.05 Å². The fourth-order valence-corrected chi connectivity index (χ4v) is 0.586. The molecule has 1 rings (SSSR count). The van der Waals surface area contributed by atoms with E-state index in [0.29, 0.717) is 5.56 Å². The molecule has 52 valence electrons. The van der Waals surface area contributed by atoms with Crippen molar-refractivity contribution in [2.45, 2.75) is 6.92 Å². The van der Waals surface area contributed by atoms with Gasteiger partial charge in [-0.15, -0.1) is 0 Å². The van der Waals surface area contributed by atoms with Crippen molar-refractivity contribution in [1.82, 2.24) is 9.55 Å². The van der Waals surface area contributed by atoms with E-state index in [1.54, 1.807) is 6.92 Å². The highest BCUT2D eigenvalue weighted by Crippen LogP contribution is 1.78. The summed E-state index contributed by atoms with van der Waals surface area (Å²) < 4.78 is 0.830. The summed E-state index contributed by atoms with van der Waals surface area (Å²) in [7, 11) is 5.12. The molecule has 0 aliphatic rings. The van der Waals surface area contributed by atoms with Gasteiger partial charge in [0, 0.05) is 11.8 Å². The summed E-state index contributed by atoms with van der Waals surface area (Å²) in [6.07, 6.45) is 1.28. The molecule has 0 saturated heterocycles. The summed E-state index contributed by atoms with van der Waals surface area (Å²) in [5, 5.41) is 0. The van der Waals surface area contributed by atoms with Crippen LogP contribution in [0.1, 0.15) is 5.56 Å². The number of hydrogen-bond donors (Lipinski definition) is 1. The van der Waals surface area contributed by atoms with Crippen molar-refractivity contribution < 1.29 is 0 Å². The van der Waals surface area contributed by atoms with Crippen LogP contribution < -0.4 is 11.2 Å². The molecule has 1 aromatic heterocycles. The number of nitrogens with one attached hydrogen (secondary N) is 1. The predicted octanol–water partition coefficient (Wildman–Crippen LogP) is -0.638. The molecule has 0 bridgehead atoms. The third kappa shape index (κ3) is 1.00. The first-order valence-electron chi connectivity index (χ1n) is 2.69.